The van der Waals surface area contributed by atoms with Gasteiger partial charge in [0.25, 0.3) is 0 Å². The van der Waals surface area contributed by atoms with Gasteiger partial charge in [-0.2, -0.15) is 0 Å². The number of amides is 1. The lowest BCUT2D eigenvalue weighted by Crippen LogP contribution is -2.44. The summed E-state index contributed by atoms with van der Waals surface area (Å²) in [4.78, 5) is 12.1. The van der Waals surface area contributed by atoms with E-state index in [0.29, 0.717) is 12.3 Å². The number of rotatable bonds is 5. The molecule has 1 N–H and O–H groups in total. The van der Waals surface area contributed by atoms with Crippen molar-refractivity contribution in [1.29, 1.82) is 0 Å². The molecule has 5 heteroatoms. The van der Waals surface area contributed by atoms with Gasteiger partial charge in [0.1, 0.15) is 5.82 Å². The summed E-state index contributed by atoms with van der Waals surface area (Å²) < 4.78 is 13.6. The van der Waals surface area contributed by atoms with Crippen LogP contribution in [0.4, 0.5) is 4.39 Å². The van der Waals surface area contributed by atoms with Gasteiger partial charge in [-0.1, -0.05) is 38.4 Å². The molecule has 0 aromatic heterocycles. The summed E-state index contributed by atoms with van der Waals surface area (Å²) >= 11 is 11.7. The van der Waals surface area contributed by atoms with Crippen LogP contribution in [0, 0.1) is 11.2 Å². The molecule has 0 aliphatic carbocycles. The second-order valence-electron chi connectivity index (χ2n) is 5.84. The summed E-state index contributed by atoms with van der Waals surface area (Å²) in [5.41, 5.74) is 0.119. The zero-order valence-corrected chi connectivity index (χ0v) is 13.5. The van der Waals surface area contributed by atoms with Crippen LogP contribution in [0.25, 0.3) is 0 Å². The smallest absolute Gasteiger partial charge is 0.224 e. The highest BCUT2D eigenvalue weighted by Crippen LogP contribution is 2.23. The Bertz CT molecular complexity index is 451. The predicted octanol–water partition coefficient (Wildman–Crippen LogP) is 4.18. The number of benzene rings is 1. The van der Waals surface area contributed by atoms with E-state index in [9.17, 15) is 9.18 Å². The molecule has 0 fully saturated rings. The fourth-order valence-electron chi connectivity index (χ4n) is 1.94. The molecule has 0 bridgehead atoms. The highest BCUT2D eigenvalue weighted by atomic mass is 35.5. The molecule has 1 amide bonds. The van der Waals surface area contributed by atoms with Crippen molar-refractivity contribution in [2.24, 2.45) is 5.41 Å². The van der Waals surface area contributed by atoms with Gasteiger partial charge in [0.05, 0.1) is 6.42 Å². The maximum Gasteiger partial charge on any atom is 0.224 e. The Morgan fingerprint density at radius 2 is 2.05 bits per heavy atom. The monoisotopic (exact) mass is 319 g/mol. The van der Waals surface area contributed by atoms with Crippen molar-refractivity contribution >= 4 is 29.1 Å². The standard InChI is InChI=1S/C15H20Cl2FNO/c1-15(2,3)13(7-8-16)19-14(20)9-10-11(17)5-4-6-12(10)18/h4-6,13H,7-9H2,1-3H3,(H,19,20). The van der Waals surface area contributed by atoms with Gasteiger partial charge in [-0.15, -0.1) is 11.6 Å². The minimum Gasteiger partial charge on any atom is -0.353 e. The zero-order valence-electron chi connectivity index (χ0n) is 12.0. The Morgan fingerprint density at radius 1 is 1.40 bits per heavy atom. The molecular formula is C15H20Cl2FNO. The first-order valence-corrected chi connectivity index (χ1v) is 7.45. The van der Waals surface area contributed by atoms with Crippen LogP contribution in [-0.2, 0) is 11.2 Å². The van der Waals surface area contributed by atoms with Gasteiger partial charge in [0.2, 0.25) is 5.91 Å². The van der Waals surface area contributed by atoms with Crippen LogP contribution in [0.5, 0.6) is 0 Å². The molecule has 0 saturated heterocycles. The van der Waals surface area contributed by atoms with Crippen LogP contribution in [0.15, 0.2) is 18.2 Å². The maximum absolute atomic E-state index is 13.6. The molecule has 1 rings (SSSR count). The van der Waals surface area contributed by atoms with E-state index >= 15 is 0 Å². The van der Waals surface area contributed by atoms with Crippen molar-refractivity contribution in [3.05, 3.63) is 34.6 Å². The van der Waals surface area contributed by atoms with Crippen molar-refractivity contribution in [3.63, 3.8) is 0 Å². The molecule has 0 radical (unpaired) electrons. The molecule has 1 aromatic carbocycles. The Morgan fingerprint density at radius 3 is 2.55 bits per heavy atom. The molecule has 0 heterocycles. The minimum absolute atomic E-state index is 0.0574. The number of nitrogens with one attached hydrogen (secondary N) is 1. The third kappa shape index (κ3) is 4.95. The Hall–Kier alpha value is -0.800. The molecule has 2 nitrogen and oxygen atoms in total. The highest BCUT2D eigenvalue weighted by Gasteiger charge is 2.26. The number of carbonyl (C=O) groups is 1. The van der Waals surface area contributed by atoms with E-state index in [1.807, 2.05) is 20.8 Å². The molecule has 0 saturated carbocycles. The maximum atomic E-state index is 13.6. The van der Waals surface area contributed by atoms with Gasteiger partial charge in [0.15, 0.2) is 0 Å². The lowest BCUT2D eigenvalue weighted by molar-refractivity contribution is -0.122. The largest absolute Gasteiger partial charge is 0.353 e. The normalized spacial score (nSPS) is 13.1. The van der Waals surface area contributed by atoms with E-state index in [1.165, 1.54) is 12.1 Å². The van der Waals surface area contributed by atoms with Gasteiger partial charge >= 0.3 is 0 Å². The Kier molecular flexibility index (Phi) is 6.28. The lowest BCUT2D eigenvalue weighted by Gasteiger charge is -2.31. The van der Waals surface area contributed by atoms with E-state index < -0.39 is 5.82 Å². The van der Waals surface area contributed by atoms with E-state index in [1.54, 1.807) is 6.07 Å². The van der Waals surface area contributed by atoms with Crippen molar-refractivity contribution in [2.45, 2.75) is 39.7 Å². The number of hydrogen-bond donors (Lipinski definition) is 1. The molecule has 1 unspecified atom stereocenters. The van der Waals surface area contributed by atoms with Crippen molar-refractivity contribution in [2.75, 3.05) is 5.88 Å². The van der Waals surface area contributed by atoms with Gasteiger partial charge in [-0.3, -0.25) is 4.79 Å². The summed E-state index contributed by atoms with van der Waals surface area (Å²) in [5, 5.41) is 3.18. The quantitative estimate of drug-likeness (QED) is 0.810. The Labute approximate surface area is 129 Å². The van der Waals surface area contributed by atoms with Crippen LogP contribution in [-0.4, -0.2) is 17.8 Å². The molecule has 0 spiro atoms. The van der Waals surface area contributed by atoms with Crippen LogP contribution < -0.4 is 5.32 Å². The van der Waals surface area contributed by atoms with Crippen LogP contribution in [0.1, 0.15) is 32.8 Å². The fourth-order valence-corrected chi connectivity index (χ4v) is 2.39. The van der Waals surface area contributed by atoms with Crippen LogP contribution in [0.3, 0.4) is 0 Å². The van der Waals surface area contributed by atoms with Gasteiger partial charge in [0, 0.05) is 22.5 Å². The van der Waals surface area contributed by atoms with E-state index in [0.717, 1.165) is 0 Å². The van der Waals surface area contributed by atoms with Crippen LogP contribution >= 0.6 is 23.2 Å². The van der Waals surface area contributed by atoms with Gasteiger partial charge in [-0.05, 0) is 24.0 Å². The molecule has 1 aromatic rings. The van der Waals surface area contributed by atoms with Crippen molar-refractivity contribution in [3.8, 4) is 0 Å². The van der Waals surface area contributed by atoms with Gasteiger partial charge < -0.3 is 5.32 Å². The van der Waals surface area contributed by atoms with E-state index in [4.69, 9.17) is 23.2 Å². The lowest BCUT2D eigenvalue weighted by atomic mass is 9.85. The van der Waals surface area contributed by atoms with E-state index in [-0.39, 0.29) is 34.4 Å². The first-order valence-electron chi connectivity index (χ1n) is 6.54. The summed E-state index contributed by atoms with van der Waals surface area (Å²) in [6, 6.07) is 4.34. The topological polar surface area (TPSA) is 29.1 Å². The zero-order chi connectivity index (χ0) is 15.3. The average molecular weight is 320 g/mol. The molecular weight excluding hydrogens is 300 g/mol. The summed E-state index contributed by atoms with van der Waals surface area (Å²) in [6.45, 7) is 6.09. The second-order valence-corrected chi connectivity index (χ2v) is 6.63. The fraction of sp³-hybridized carbons (Fsp3) is 0.533. The third-order valence-electron chi connectivity index (χ3n) is 3.18. The first kappa shape index (κ1) is 17.3. The summed E-state index contributed by atoms with van der Waals surface area (Å²) in [6.07, 6.45) is 0.599. The molecule has 112 valence electrons. The molecule has 20 heavy (non-hydrogen) atoms. The SMILES string of the molecule is CC(C)(C)C(CCCl)NC(=O)Cc1c(F)cccc1Cl. The van der Waals surface area contributed by atoms with Crippen molar-refractivity contribution in [1.82, 2.24) is 5.32 Å². The first-order chi connectivity index (χ1) is 9.25. The van der Waals surface area contributed by atoms with Crippen LogP contribution in [0.2, 0.25) is 5.02 Å². The van der Waals surface area contributed by atoms with E-state index in [2.05, 4.69) is 5.32 Å². The summed E-state index contributed by atoms with van der Waals surface area (Å²) in [7, 11) is 0. The second kappa shape index (κ2) is 7.28. The number of hydrogen-bond acceptors (Lipinski definition) is 1. The number of halogens is 3. The van der Waals surface area contributed by atoms with Gasteiger partial charge in [-0.25, -0.2) is 4.39 Å². The predicted molar refractivity (Wildman–Crippen MR) is 81.8 cm³/mol. The van der Waals surface area contributed by atoms with Crippen molar-refractivity contribution < 1.29 is 9.18 Å². The molecule has 0 aliphatic heterocycles. The third-order valence-corrected chi connectivity index (χ3v) is 3.75. The number of alkyl halides is 1. The molecule has 1 atom stereocenters. The average Bonchev–Trinajstić information content (AvgIpc) is 2.32. The highest BCUT2D eigenvalue weighted by molar-refractivity contribution is 6.31. The Balaban J connectivity index is 2.76. The minimum atomic E-state index is -0.461. The number of carbonyl (C=O) groups excluding carboxylic acids is 1. The molecule has 0 aliphatic rings. The summed E-state index contributed by atoms with van der Waals surface area (Å²) in [5.74, 6) is -0.248.